The first-order chi connectivity index (χ1) is 16.0. The number of fused-ring (bicyclic) bond motifs is 2. The van der Waals surface area contributed by atoms with E-state index in [2.05, 4.69) is 107 Å². The molecule has 3 aromatic carbocycles. The monoisotopic (exact) mass is 433 g/mol. The van der Waals surface area contributed by atoms with Crippen LogP contribution in [0.25, 0.3) is 32.8 Å². The summed E-state index contributed by atoms with van der Waals surface area (Å²) in [5, 5.41) is 9.82. The maximum atomic E-state index is 4.67. The Morgan fingerprint density at radius 1 is 0.879 bits per heavy atom. The van der Waals surface area contributed by atoms with Gasteiger partial charge in [0.1, 0.15) is 5.82 Å². The first-order valence-electron chi connectivity index (χ1n) is 11.2. The molecule has 0 fully saturated rings. The molecule has 33 heavy (non-hydrogen) atoms. The summed E-state index contributed by atoms with van der Waals surface area (Å²) in [7, 11) is 1.83. The Balaban J connectivity index is 1.62. The summed E-state index contributed by atoms with van der Waals surface area (Å²) in [6.45, 7) is 6.57. The van der Waals surface area contributed by atoms with Gasteiger partial charge in [-0.2, -0.15) is 0 Å². The van der Waals surface area contributed by atoms with Crippen molar-refractivity contribution in [2.75, 3.05) is 17.7 Å². The highest BCUT2D eigenvalue weighted by Gasteiger charge is 2.12. The fourth-order valence-electron chi connectivity index (χ4n) is 4.27. The van der Waals surface area contributed by atoms with Gasteiger partial charge in [-0.3, -0.25) is 0 Å². The van der Waals surface area contributed by atoms with Crippen molar-refractivity contribution in [2.45, 2.75) is 26.7 Å². The summed E-state index contributed by atoms with van der Waals surface area (Å²) < 4.78 is 0. The van der Waals surface area contributed by atoms with Crippen LogP contribution in [0.2, 0.25) is 0 Å². The van der Waals surface area contributed by atoms with Gasteiger partial charge in [-0.15, -0.1) is 0 Å². The van der Waals surface area contributed by atoms with E-state index in [1.165, 1.54) is 22.1 Å². The molecule has 2 N–H and O–H groups in total. The maximum absolute atomic E-state index is 4.67. The summed E-state index contributed by atoms with van der Waals surface area (Å²) in [6, 6.07) is 21.3. The highest BCUT2D eigenvalue weighted by molar-refractivity contribution is 6.04. The predicted molar refractivity (Wildman–Crippen MR) is 138 cm³/mol. The molecule has 0 aliphatic carbocycles. The van der Waals surface area contributed by atoms with E-state index in [0.717, 1.165) is 33.4 Å². The summed E-state index contributed by atoms with van der Waals surface area (Å²) in [5.41, 5.74) is 6.83. The lowest BCUT2D eigenvalue weighted by Gasteiger charge is -2.15. The van der Waals surface area contributed by atoms with Gasteiger partial charge in [-0.05, 0) is 70.8 Å². The quantitative estimate of drug-likeness (QED) is 0.311. The van der Waals surface area contributed by atoms with E-state index in [1.54, 1.807) is 0 Å². The molecule has 5 nitrogen and oxygen atoms in total. The van der Waals surface area contributed by atoms with Gasteiger partial charge >= 0.3 is 0 Å². The zero-order valence-electron chi connectivity index (χ0n) is 19.3. The Bertz CT molecular complexity index is 1470. The van der Waals surface area contributed by atoms with Crippen LogP contribution in [0, 0.1) is 6.92 Å². The second-order valence-electron chi connectivity index (χ2n) is 8.63. The molecule has 0 bridgehead atoms. The number of nitrogens with zero attached hydrogens (tertiary/aromatic N) is 3. The number of anilines is 3. The first-order valence-corrected chi connectivity index (χ1v) is 11.2. The van der Waals surface area contributed by atoms with Gasteiger partial charge in [0.05, 0.1) is 5.52 Å². The third-order valence-electron chi connectivity index (χ3n) is 6.06. The van der Waals surface area contributed by atoms with E-state index in [-0.39, 0.29) is 0 Å². The van der Waals surface area contributed by atoms with E-state index in [0.29, 0.717) is 11.9 Å². The van der Waals surface area contributed by atoms with Crippen molar-refractivity contribution in [1.29, 1.82) is 0 Å². The van der Waals surface area contributed by atoms with Crippen LogP contribution >= 0.6 is 0 Å². The molecule has 0 aliphatic heterocycles. The van der Waals surface area contributed by atoms with E-state index in [9.17, 15) is 0 Å². The smallest absolute Gasteiger partial charge is 0.222 e. The molecule has 0 atom stereocenters. The topological polar surface area (TPSA) is 62.7 Å². The van der Waals surface area contributed by atoms with Gasteiger partial charge in [0, 0.05) is 35.9 Å². The van der Waals surface area contributed by atoms with Crippen molar-refractivity contribution < 1.29 is 0 Å². The van der Waals surface area contributed by atoms with Crippen molar-refractivity contribution in [3.63, 3.8) is 0 Å². The lowest BCUT2D eigenvalue weighted by molar-refractivity contribution is 0.867. The lowest BCUT2D eigenvalue weighted by Crippen LogP contribution is -1.98. The second kappa shape index (κ2) is 8.51. The van der Waals surface area contributed by atoms with Crippen LogP contribution in [0.15, 0.2) is 73.1 Å². The van der Waals surface area contributed by atoms with Crippen LogP contribution in [0.1, 0.15) is 30.9 Å². The third kappa shape index (κ3) is 3.98. The summed E-state index contributed by atoms with van der Waals surface area (Å²) >= 11 is 0. The Kier molecular flexibility index (Phi) is 5.38. The number of rotatable bonds is 5. The van der Waals surface area contributed by atoms with Crippen molar-refractivity contribution in [1.82, 2.24) is 15.0 Å². The fourth-order valence-corrected chi connectivity index (χ4v) is 4.27. The number of benzene rings is 3. The molecule has 5 heteroatoms. The molecule has 0 saturated carbocycles. The summed E-state index contributed by atoms with van der Waals surface area (Å²) in [6.07, 6.45) is 3.75. The molecule has 0 spiro atoms. The van der Waals surface area contributed by atoms with Crippen LogP contribution in [0.3, 0.4) is 0 Å². The normalized spacial score (nSPS) is 11.3. The minimum Gasteiger partial charge on any atom is -0.357 e. The van der Waals surface area contributed by atoms with Crippen LogP contribution in [-0.4, -0.2) is 22.0 Å². The SMILES string of the molecule is CNc1ncc2cc(-c3c(C)ccc4c(Nc5cccc(C(C)C)c5)nccc34)ccc2n1. The first kappa shape index (κ1) is 20.9. The van der Waals surface area contributed by atoms with Crippen molar-refractivity contribution in [3.05, 3.63) is 84.2 Å². The highest BCUT2D eigenvalue weighted by Crippen LogP contribution is 2.36. The fraction of sp³-hybridized carbons (Fsp3) is 0.179. The van der Waals surface area contributed by atoms with Crippen molar-refractivity contribution in [2.24, 2.45) is 0 Å². The Labute approximate surface area is 193 Å². The van der Waals surface area contributed by atoms with E-state index < -0.39 is 0 Å². The van der Waals surface area contributed by atoms with Gasteiger partial charge < -0.3 is 10.6 Å². The van der Waals surface area contributed by atoms with Gasteiger partial charge in [0.25, 0.3) is 0 Å². The second-order valence-corrected chi connectivity index (χ2v) is 8.63. The predicted octanol–water partition coefficient (Wildman–Crippen LogP) is 7.06. The maximum Gasteiger partial charge on any atom is 0.222 e. The molecule has 2 aromatic heterocycles. The van der Waals surface area contributed by atoms with Gasteiger partial charge in [-0.25, -0.2) is 15.0 Å². The number of nitrogens with one attached hydrogen (secondary N) is 2. The van der Waals surface area contributed by atoms with E-state index in [4.69, 9.17) is 0 Å². The standard InChI is InChI=1S/C28H27N5/c1-17(2)19-6-5-7-22(15-19)32-27-24-10-8-18(3)26(23(24)12-13-30-27)20-9-11-25-21(14-20)16-31-28(29-4)33-25/h5-17H,1-4H3,(H,30,32)(H,29,31,33). The molecule has 0 aliphatic rings. The minimum absolute atomic E-state index is 0.475. The lowest BCUT2D eigenvalue weighted by atomic mass is 9.93. The van der Waals surface area contributed by atoms with Gasteiger partial charge in [-0.1, -0.05) is 44.2 Å². The van der Waals surface area contributed by atoms with Crippen LogP contribution in [0.4, 0.5) is 17.5 Å². The van der Waals surface area contributed by atoms with Gasteiger partial charge in [0.15, 0.2) is 0 Å². The number of hydrogen-bond acceptors (Lipinski definition) is 5. The molecule has 0 radical (unpaired) electrons. The number of pyridine rings is 1. The van der Waals surface area contributed by atoms with Crippen molar-refractivity contribution in [3.8, 4) is 11.1 Å². The van der Waals surface area contributed by atoms with E-state index >= 15 is 0 Å². The number of aryl methyl sites for hydroxylation is 1. The van der Waals surface area contributed by atoms with Crippen LogP contribution in [-0.2, 0) is 0 Å². The Hall–Kier alpha value is -3.99. The third-order valence-corrected chi connectivity index (χ3v) is 6.06. The molecule has 0 unspecified atom stereocenters. The largest absolute Gasteiger partial charge is 0.357 e. The summed E-state index contributed by atoms with van der Waals surface area (Å²) in [5.74, 6) is 1.96. The average molecular weight is 434 g/mol. The minimum atomic E-state index is 0.475. The highest BCUT2D eigenvalue weighted by atomic mass is 15.1. The van der Waals surface area contributed by atoms with Crippen molar-refractivity contribution >= 4 is 39.1 Å². The molecule has 0 amide bonds. The zero-order chi connectivity index (χ0) is 22.9. The molecule has 5 rings (SSSR count). The van der Waals surface area contributed by atoms with Crippen LogP contribution < -0.4 is 10.6 Å². The van der Waals surface area contributed by atoms with Crippen LogP contribution in [0.5, 0.6) is 0 Å². The Morgan fingerprint density at radius 3 is 2.58 bits per heavy atom. The summed E-state index contributed by atoms with van der Waals surface area (Å²) in [4.78, 5) is 13.6. The van der Waals surface area contributed by atoms with E-state index in [1.807, 2.05) is 19.4 Å². The molecule has 164 valence electrons. The zero-order valence-corrected chi connectivity index (χ0v) is 19.3. The number of hydrogen-bond donors (Lipinski definition) is 2. The average Bonchev–Trinajstić information content (AvgIpc) is 2.83. The molecule has 5 aromatic rings. The van der Waals surface area contributed by atoms with Gasteiger partial charge in [0.2, 0.25) is 5.95 Å². The molecule has 0 saturated heterocycles. The Morgan fingerprint density at radius 2 is 1.76 bits per heavy atom. The molecule has 2 heterocycles. The number of aromatic nitrogens is 3. The molecular formula is C28H27N5. The molecular weight excluding hydrogens is 406 g/mol.